The van der Waals surface area contributed by atoms with Crippen molar-refractivity contribution < 1.29 is 0 Å². The fraction of sp³-hybridized carbons (Fsp3) is 0.308. The van der Waals surface area contributed by atoms with E-state index in [1.54, 1.807) is 0 Å². The van der Waals surface area contributed by atoms with Crippen LogP contribution < -0.4 is 5.32 Å². The highest BCUT2D eigenvalue weighted by Crippen LogP contribution is 2.22. The summed E-state index contributed by atoms with van der Waals surface area (Å²) in [4.78, 5) is 4.42. The van der Waals surface area contributed by atoms with Crippen LogP contribution in [-0.2, 0) is 6.54 Å². The SMILES string of the molecule is CCn1cnc(C(NC)c2cccc(Cl)c2)c1. The molecule has 0 spiro atoms. The van der Waals surface area contributed by atoms with Gasteiger partial charge in [0.25, 0.3) is 0 Å². The van der Waals surface area contributed by atoms with E-state index in [4.69, 9.17) is 11.6 Å². The van der Waals surface area contributed by atoms with Crippen LogP contribution in [0.25, 0.3) is 0 Å². The zero-order valence-electron chi connectivity index (χ0n) is 10.0. The summed E-state index contributed by atoms with van der Waals surface area (Å²) in [6, 6.07) is 7.94. The van der Waals surface area contributed by atoms with Gasteiger partial charge in [-0.15, -0.1) is 0 Å². The van der Waals surface area contributed by atoms with Gasteiger partial charge < -0.3 is 9.88 Å². The Hall–Kier alpha value is -1.32. The first-order valence-corrected chi connectivity index (χ1v) is 6.06. The van der Waals surface area contributed by atoms with Crippen LogP contribution in [0.1, 0.15) is 24.2 Å². The smallest absolute Gasteiger partial charge is 0.0950 e. The minimum atomic E-state index is 0.0847. The van der Waals surface area contributed by atoms with E-state index in [0.29, 0.717) is 0 Å². The van der Waals surface area contributed by atoms with Crippen molar-refractivity contribution in [2.75, 3.05) is 7.05 Å². The lowest BCUT2D eigenvalue weighted by atomic mass is 10.0. The highest BCUT2D eigenvalue weighted by atomic mass is 35.5. The first-order valence-electron chi connectivity index (χ1n) is 5.69. The van der Waals surface area contributed by atoms with Gasteiger partial charge in [0, 0.05) is 17.8 Å². The summed E-state index contributed by atoms with van der Waals surface area (Å²) >= 11 is 6.01. The Labute approximate surface area is 106 Å². The normalized spacial score (nSPS) is 12.6. The molecule has 1 aromatic heterocycles. The van der Waals surface area contributed by atoms with Gasteiger partial charge in [0.15, 0.2) is 0 Å². The first kappa shape index (κ1) is 12.1. The summed E-state index contributed by atoms with van der Waals surface area (Å²) in [7, 11) is 1.93. The third-order valence-electron chi connectivity index (χ3n) is 2.78. The molecular weight excluding hydrogens is 234 g/mol. The van der Waals surface area contributed by atoms with Gasteiger partial charge in [-0.3, -0.25) is 0 Å². The molecule has 3 nitrogen and oxygen atoms in total. The van der Waals surface area contributed by atoms with Crippen LogP contribution in [0, 0.1) is 0 Å². The van der Waals surface area contributed by atoms with Crippen molar-refractivity contribution in [2.24, 2.45) is 0 Å². The summed E-state index contributed by atoms with van der Waals surface area (Å²) in [5, 5.41) is 4.01. The molecule has 2 rings (SSSR count). The van der Waals surface area contributed by atoms with E-state index in [0.717, 1.165) is 22.8 Å². The van der Waals surface area contributed by atoms with Gasteiger partial charge >= 0.3 is 0 Å². The number of halogens is 1. The van der Waals surface area contributed by atoms with E-state index in [-0.39, 0.29) is 6.04 Å². The van der Waals surface area contributed by atoms with E-state index in [2.05, 4.69) is 34.1 Å². The number of nitrogens with zero attached hydrogens (tertiary/aromatic N) is 2. The Kier molecular flexibility index (Phi) is 3.82. The summed E-state index contributed by atoms with van der Waals surface area (Å²) < 4.78 is 2.06. The van der Waals surface area contributed by atoms with Gasteiger partial charge in [-0.05, 0) is 31.7 Å². The van der Waals surface area contributed by atoms with Gasteiger partial charge in [-0.2, -0.15) is 0 Å². The van der Waals surface area contributed by atoms with Crippen LogP contribution in [0.4, 0.5) is 0 Å². The molecule has 1 unspecified atom stereocenters. The van der Waals surface area contributed by atoms with Crippen molar-refractivity contribution in [3.63, 3.8) is 0 Å². The van der Waals surface area contributed by atoms with Crippen molar-refractivity contribution in [1.29, 1.82) is 0 Å². The number of rotatable bonds is 4. The maximum atomic E-state index is 6.01. The van der Waals surface area contributed by atoms with Crippen LogP contribution in [0.2, 0.25) is 5.02 Å². The minimum Gasteiger partial charge on any atom is -0.337 e. The lowest BCUT2D eigenvalue weighted by molar-refractivity contribution is 0.672. The van der Waals surface area contributed by atoms with Crippen LogP contribution >= 0.6 is 11.6 Å². The predicted octanol–water partition coefficient (Wildman–Crippen LogP) is 2.87. The molecule has 0 aliphatic rings. The number of benzene rings is 1. The van der Waals surface area contributed by atoms with E-state index in [9.17, 15) is 0 Å². The molecule has 1 aromatic carbocycles. The highest BCUT2D eigenvalue weighted by molar-refractivity contribution is 6.30. The molecule has 0 saturated carbocycles. The van der Waals surface area contributed by atoms with Gasteiger partial charge in [0.2, 0.25) is 0 Å². The fourth-order valence-electron chi connectivity index (χ4n) is 1.87. The Morgan fingerprint density at radius 1 is 1.47 bits per heavy atom. The molecule has 1 atom stereocenters. The molecule has 17 heavy (non-hydrogen) atoms. The van der Waals surface area contributed by atoms with Crippen LogP contribution in [-0.4, -0.2) is 16.6 Å². The van der Waals surface area contributed by atoms with Crippen LogP contribution in [0.3, 0.4) is 0 Å². The lowest BCUT2D eigenvalue weighted by Crippen LogP contribution is -2.18. The van der Waals surface area contributed by atoms with Crippen molar-refractivity contribution in [3.8, 4) is 0 Å². The zero-order valence-corrected chi connectivity index (χ0v) is 10.8. The minimum absolute atomic E-state index is 0.0847. The van der Waals surface area contributed by atoms with Gasteiger partial charge in [-0.1, -0.05) is 23.7 Å². The largest absolute Gasteiger partial charge is 0.337 e. The van der Waals surface area contributed by atoms with E-state index < -0.39 is 0 Å². The second-order valence-corrected chi connectivity index (χ2v) is 4.34. The fourth-order valence-corrected chi connectivity index (χ4v) is 2.07. The van der Waals surface area contributed by atoms with Crippen LogP contribution in [0.15, 0.2) is 36.8 Å². The lowest BCUT2D eigenvalue weighted by Gasteiger charge is -2.14. The second kappa shape index (κ2) is 5.34. The molecule has 1 N–H and O–H groups in total. The second-order valence-electron chi connectivity index (χ2n) is 3.91. The zero-order chi connectivity index (χ0) is 12.3. The average Bonchev–Trinajstić information content (AvgIpc) is 2.79. The predicted molar refractivity (Wildman–Crippen MR) is 70.3 cm³/mol. The Bertz CT molecular complexity index is 493. The molecular formula is C13H16ClN3. The molecule has 2 aromatic rings. The van der Waals surface area contributed by atoms with Crippen LogP contribution in [0.5, 0.6) is 0 Å². The molecule has 0 bridgehead atoms. The summed E-state index contributed by atoms with van der Waals surface area (Å²) in [6.07, 6.45) is 3.91. The van der Waals surface area contributed by atoms with Crippen molar-refractivity contribution in [2.45, 2.75) is 19.5 Å². The van der Waals surface area contributed by atoms with Crippen molar-refractivity contribution in [1.82, 2.24) is 14.9 Å². The number of hydrogen-bond donors (Lipinski definition) is 1. The average molecular weight is 250 g/mol. The maximum absolute atomic E-state index is 6.01. The quantitative estimate of drug-likeness (QED) is 0.903. The molecule has 4 heteroatoms. The standard InChI is InChI=1S/C13H16ClN3/c1-3-17-8-12(16-9-17)13(15-2)10-5-4-6-11(14)7-10/h4-9,13,15H,3H2,1-2H3. The number of hydrogen-bond acceptors (Lipinski definition) is 2. The highest BCUT2D eigenvalue weighted by Gasteiger charge is 2.14. The monoisotopic (exact) mass is 249 g/mol. The molecule has 0 radical (unpaired) electrons. The van der Waals surface area contributed by atoms with E-state index in [1.807, 2.05) is 31.6 Å². The Balaban J connectivity index is 2.33. The van der Waals surface area contributed by atoms with E-state index >= 15 is 0 Å². The summed E-state index contributed by atoms with van der Waals surface area (Å²) in [6.45, 7) is 3.03. The topological polar surface area (TPSA) is 29.9 Å². The van der Waals surface area contributed by atoms with Gasteiger partial charge in [0.1, 0.15) is 0 Å². The van der Waals surface area contributed by atoms with Crippen molar-refractivity contribution in [3.05, 3.63) is 53.1 Å². The van der Waals surface area contributed by atoms with Gasteiger partial charge in [0.05, 0.1) is 18.1 Å². The first-order chi connectivity index (χ1) is 8.24. The number of aromatic nitrogens is 2. The summed E-state index contributed by atoms with van der Waals surface area (Å²) in [5.74, 6) is 0. The molecule has 0 aliphatic carbocycles. The molecule has 90 valence electrons. The molecule has 0 saturated heterocycles. The third-order valence-corrected chi connectivity index (χ3v) is 3.02. The molecule has 1 heterocycles. The molecule has 0 amide bonds. The Morgan fingerprint density at radius 3 is 2.88 bits per heavy atom. The third kappa shape index (κ3) is 2.68. The Morgan fingerprint density at radius 2 is 2.29 bits per heavy atom. The van der Waals surface area contributed by atoms with Crippen molar-refractivity contribution >= 4 is 11.6 Å². The summed E-state index contributed by atoms with van der Waals surface area (Å²) in [5.41, 5.74) is 2.14. The maximum Gasteiger partial charge on any atom is 0.0950 e. The number of aryl methyl sites for hydroxylation is 1. The number of nitrogens with one attached hydrogen (secondary N) is 1. The van der Waals surface area contributed by atoms with Gasteiger partial charge in [-0.25, -0.2) is 4.98 Å². The molecule has 0 aliphatic heterocycles. The molecule has 0 fully saturated rings. The van der Waals surface area contributed by atoms with E-state index in [1.165, 1.54) is 0 Å². The number of imidazole rings is 1.